The maximum absolute atomic E-state index is 13.3. The molecule has 0 radical (unpaired) electrons. The molecule has 0 amide bonds. The number of rotatable bonds is 0. The Bertz CT molecular complexity index is 713. The number of fused-ring (bicyclic) bond motifs is 2. The van der Waals surface area contributed by atoms with E-state index in [-0.39, 0.29) is 24.2 Å². The average Bonchev–Trinajstić information content (AvgIpc) is 2.69. The van der Waals surface area contributed by atoms with Crippen LogP contribution in [0.25, 0.3) is 0 Å². The van der Waals surface area contributed by atoms with Gasteiger partial charge in [-0.2, -0.15) is 0 Å². The van der Waals surface area contributed by atoms with Crippen LogP contribution >= 0.6 is 0 Å². The number of aliphatic hydroxyl groups is 4. The molecule has 0 aromatic heterocycles. The Morgan fingerprint density at radius 2 is 1.81 bits per heavy atom. The number of carbonyl (C=O) groups is 1. The van der Waals surface area contributed by atoms with Crippen LogP contribution in [0.5, 0.6) is 0 Å². The zero-order valence-corrected chi connectivity index (χ0v) is 15.3. The molecule has 6 heteroatoms. The van der Waals surface area contributed by atoms with Crippen molar-refractivity contribution in [2.45, 2.75) is 63.6 Å². The summed E-state index contributed by atoms with van der Waals surface area (Å²) in [5, 5.41) is 44.6. The predicted octanol–water partition coefficient (Wildman–Crippen LogP) is 0.376. The quantitative estimate of drug-likeness (QED) is 0.463. The third kappa shape index (κ3) is 1.41. The lowest BCUT2D eigenvalue weighted by molar-refractivity contribution is -0.452. The van der Waals surface area contributed by atoms with E-state index < -0.39 is 46.3 Å². The van der Waals surface area contributed by atoms with Gasteiger partial charge >= 0.3 is 0 Å². The number of carbonyl (C=O) groups excluding carboxylic acids is 1. The van der Waals surface area contributed by atoms with Gasteiger partial charge in [0, 0.05) is 17.3 Å². The lowest BCUT2D eigenvalue weighted by Gasteiger charge is -2.74. The Morgan fingerprint density at radius 3 is 2.50 bits per heavy atom. The minimum atomic E-state index is -2.15. The first-order valence-electron chi connectivity index (χ1n) is 9.71. The SMILES string of the molecule is C=C1C(=O)[C@]23[C@H](O)[C@H]1CC[C@H]2[C@]12CC[C@@H](O)C(C)(C)[C@H]1[C@H](O)[C@]3(O)OC2. The maximum Gasteiger partial charge on any atom is 0.208 e. The number of ether oxygens (including phenoxy) is 1. The molecule has 0 aromatic rings. The Hall–Kier alpha value is -0.790. The fourth-order valence-electron chi connectivity index (χ4n) is 7.89. The first-order valence-corrected chi connectivity index (χ1v) is 9.71. The highest BCUT2D eigenvalue weighted by molar-refractivity contribution is 6.05. The van der Waals surface area contributed by atoms with Gasteiger partial charge in [-0.3, -0.25) is 4.79 Å². The molecular formula is C20H28O6. The summed E-state index contributed by atoms with van der Waals surface area (Å²) in [5.74, 6) is -3.56. The van der Waals surface area contributed by atoms with E-state index in [0.29, 0.717) is 31.3 Å². The zero-order chi connectivity index (χ0) is 18.9. The number of hydrogen-bond donors (Lipinski definition) is 4. The van der Waals surface area contributed by atoms with Crippen molar-refractivity contribution in [2.75, 3.05) is 6.61 Å². The van der Waals surface area contributed by atoms with Crippen molar-refractivity contribution in [2.24, 2.45) is 34.0 Å². The van der Waals surface area contributed by atoms with Crippen LogP contribution in [0.2, 0.25) is 0 Å². The molecular weight excluding hydrogens is 336 g/mol. The van der Waals surface area contributed by atoms with E-state index >= 15 is 0 Å². The molecule has 2 heterocycles. The molecule has 4 N–H and O–H groups in total. The molecule has 6 rings (SSSR count). The van der Waals surface area contributed by atoms with Crippen molar-refractivity contribution >= 4 is 5.78 Å². The lowest BCUT2D eigenvalue weighted by Crippen LogP contribution is -2.84. The van der Waals surface area contributed by atoms with Gasteiger partial charge < -0.3 is 25.2 Å². The highest BCUT2D eigenvalue weighted by atomic mass is 16.6. The van der Waals surface area contributed by atoms with Crippen molar-refractivity contribution in [1.82, 2.24) is 0 Å². The van der Waals surface area contributed by atoms with Crippen molar-refractivity contribution in [3.63, 3.8) is 0 Å². The van der Waals surface area contributed by atoms with E-state index in [1.54, 1.807) is 0 Å². The van der Waals surface area contributed by atoms with Crippen LogP contribution in [-0.2, 0) is 9.53 Å². The molecule has 0 unspecified atom stereocenters. The standard InChI is InChI=1S/C20H28O6/c1-9-10-4-5-11-18-7-6-12(21)17(2,3)13(18)16(24)20(25,26-8-18)19(11,14(9)22)15(10)23/h10-13,15-16,21,23-25H,1,4-8H2,2-3H3/t10-,11-,12+,13+,15+,16-,18+,19-,20-/m0/s1. The van der Waals surface area contributed by atoms with Gasteiger partial charge in [-0.05, 0) is 42.6 Å². The van der Waals surface area contributed by atoms with Gasteiger partial charge in [-0.15, -0.1) is 0 Å². The summed E-state index contributed by atoms with van der Waals surface area (Å²) in [6.07, 6.45) is -0.523. The summed E-state index contributed by atoms with van der Waals surface area (Å²) in [7, 11) is 0. The van der Waals surface area contributed by atoms with Crippen molar-refractivity contribution in [1.29, 1.82) is 0 Å². The third-order valence-electron chi connectivity index (χ3n) is 9.01. The monoisotopic (exact) mass is 364 g/mol. The summed E-state index contributed by atoms with van der Waals surface area (Å²) in [6, 6.07) is 0. The molecule has 6 aliphatic rings. The van der Waals surface area contributed by atoms with Crippen LogP contribution in [0.1, 0.15) is 39.5 Å². The number of hydrogen-bond acceptors (Lipinski definition) is 6. The summed E-state index contributed by atoms with van der Waals surface area (Å²) in [6.45, 7) is 7.97. The van der Waals surface area contributed by atoms with Gasteiger partial charge in [-0.1, -0.05) is 20.4 Å². The largest absolute Gasteiger partial charge is 0.393 e. The molecule has 6 fully saturated rings. The highest BCUT2D eigenvalue weighted by Crippen LogP contribution is 2.76. The Morgan fingerprint density at radius 1 is 1.12 bits per heavy atom. The molecule has 2 spiro atoms. The summed E-state index contributed by atoms with van der Waals surface area (Å²) in [4.78, 5) is 13.3. The first kappa shape index (κ1) is 17.3. The second kappa shape index (κ2) is 4.61. The second-order valence-electron chi connectivity index (χ2n) is 9.92. The van der Waals surface area contributed by atoms with Crippen LogP contribution < -0.4 is 0 Å². The average molecular weight is 364 g/mol. The smallest absolute Gasteiger partial charge is 0.208 e. The first-order chi connectivity index (χ1) is 12.1. The van der Waals surface area contributed by atoms with Crippen LogP contribution in [0.4, 0.5) is 0 Å². The Labute approximate surface area is 152 Å². The second-order valence-corrected chi connectivity index (χ2v) is 9.92. The lowest BCUT2D eigenvalue weighted by atomic mass is 9.36. The highest BCUT2D eigenvalue weighted by Gasteiger charge is 2.86. The van der Waals surface area contributed by atoms with Crippen LogP contribution in [0, 0.1) is 34.0 Å². The van der Waals surface area contributed by atoms with Gasteiger partial charge in [0.05, 0.1) is 18.8 Å². The van der Waals surface area contributed by atoms with E-state index in [2.05, 4.69) is 6.58 Å². The van der Waals surface area contributed by atoms with Gasteiger partial charge in [0.15, 0.2) is 5.78 Å². The van der Waals surface area contributed by atoms with E-state index in [1.165, 1.54) is 0 Å². The molecule has 2 saturated heterocycles. The molecule has 144 valence electrons. The fraction of sp³-hybridized carbons (Fsp3) is 0.850. The minimum absolute atomic E-state index is 0.241. The molecule has 2 aliphatic heterocycles. The maximum atomic E-state index is 13.3. The Kier molecular flexibility index (Phi) is 3.07. The molecule has 6 nitrogen and oxygen atoms in total. The predicted molar refractivity (Wildman–Crippen MR) is 90.7 cm³/mol. The van der Waals surface area contributed by atoms with E-state index in [1.807, 2.05) is 13.8 Å². The van der Waals surface area contributed by atoms with E-state index in [4.69, 9.17) is 4.74 Å². The zero-order valence-electron chi connectivity index (χ0n) is 15.3. The molecule has 0 aromatic carbocycles. The van der Waals surface area contributed by atoms with Crippen molar-refractivity contribution in [3.05, 3.63) is 12.2 Å². The third-order valence-corrected chi connectivity index (χ3v) is 9.01. The van der Waals surface area contributed by atoms with Crippen molar-refractivity contribution < 1.29 is 30.0 Å². The fourth-order valence-corrected chi connectivity index (χ4v) is 7.89. The van der Waals surface area contributed by atoms with Crippen LogP contribution in [0.15, 0.2) is 12.2 Å². The van der Waals surface area contributed by atoms with E-state index in [9.17, 15) is 25.2 Å². The van der Waals surface area contributed by atoms with Gasteiger partial charge in [0.1, 0.15) is 11.5 Å². The van der Waals surface area contributed by atoms with Gasteiger partial charge in [0.25, 0.3) is 0 Å². The normalized spacial score (nSPS) is 59.9. The Balaban J connectivity index is 1.78. The number of Topliss-reactive ketones (excluding diaryl/α,β-unsaturated/α-hetero) is 1. The topological polar surface area (TPSA) is 107 Å². The van der Waals surface area contributed by atoms with Crippen LogP contribution in [-0.4, -0.2) is 56.9 Å². The minimum Gasteiger partial charge on any atom is -0.393 e. The molecule has 9 atom stereocenters. The van der Waals surface area contributed by atoms with E-state index in [0.717, 1.165) is 0 Å². The summed E-state index contributed by atoms with van der Waals surface area (Å²) >= 11 is 0. The number of ketones is 1. The molecule has 26 heavy (non-hydrogen) atoms. The summed E-state index contributed by atoms with van der Waals surface area (Å²) < 4.78 is 5.85. The molecule has 4 saturated carbocycles. The van der Waals surface area contributed by atoms with Gasteiger partial charge in [0.2, 0.25) is 5.79 Å². The summed E-state index contributed by atoms with van der Waals surface area (Å²) in [5.41, 5.74) is -2.37. The van der Waals surface area contributed by atoms with Gasteiger partial charge in [-0.25, -0.2) is 0 Å². The number of aliphatic hydroxyl groups excluding tert-OH is 3. The molecule has 4 bridgehead atoms. The molecule has 4 aliphatic carbocycles. The van der Waals surface area contributed by atoms with Crippen LogP contribution in [0.3, 0.4) is 0 Å². The van der Waals surface area contributed by atoms with Crippen molar-refractivity contribution in [3.8, 4) is 0 Å².